The zero-order chi connectivity index (χ0) is 19.7. The fourth-order valence-electron chi connectivity index (χ4n) is 4.66. The summed E-state index contributed by atoms with van der Waals surface area (Å²) in [5.74, 6) is 0.922. The first-order valence-electron chi connectivity index (χ1n) is 10.5. The minimum Gasteiger partial charge on any atom is -0.695 e. The van der Waals surface area contributed by atoms with Crippen LogP contribution >= 0.6 is 0 Å². The monoisotopic (exact) mass is 380 g/mol. The van der Waals surface area contributed by atoms with E-state index in [0.717, 1.165) is 30.8 Å². The molecule has 29 heavy (non-hydrogen) atoms. The van der Waals surface area contributed by atoms with Crippen molar-refractivity contribution in [2.45, 2.75) is 26.3 Å². The molecule has 0 saturated heterocycles. The molecule has 0 bridgehead atoms. The van der Waals surface area contributed by atoms with Gasteiger partial charge in [0.1, 0.15) is 23.9 Å². The highest BCUT2D eigenvalue weighted by Crippen LogP contribution is 2.29. The molecular formula is C25H25BN2O. The van der Waals surface area contributed by atoms with E-state index in [1.807, 2.05) is 0 Å². The number of hydrogen-bond acceptors (Lipinski definition) is 1. The van der Waals surface area contributed by atoms with E-state index in [2.05, 4.69) is 113 Å². The van der Waals surface area contributed by atoms with Crippen LogP contribution < -0.4 is 25.9 Å². The fraction of sp³-hybridized carbons (Fsp3) is 0.160. The van der Waals surface area contributed by atoms with E-state index < -0.39 is 6.35 Å². The second kappa shape index (κ2) is 7.29. The molecule has 0 unspecified atom stereocenters. The molecule has 4 heteroatoms. The van der Waals surface area contributed by atoms with Gasteiger partial charge in [0.2, 0.25) is 0 Å². The van der Waals surface area contributed by atoms with E-state index in [1.165, 1.54) is 16.6 Å². The van der Waals surface area contributed by atoms with Crippen molar-refractivity contribution >= 4 is 23.0 Å². The van der Waals surface area contributed by atoms with Gasteiger partial charge in [-0.25, -0.2) is 4.57 Å². The van der Waals surface area contributed by atoms with Gasteiger partial charge in [-0.1, -0.05) is 86.1 Å². The predicted molar refractivity (Wildman–Crippen MR) is 119 cm³/mol. The second-order valence-corrected chi connectivity index (χ2v) is 7.77. The van der Waals surface area contributed by atoms with Gasteiger partial charge in [-0.2, -0.15) is 10.9 Å². The van der Waals surface area contributed by atoms with Crippen LogP contribution in [0.4, 0.5) is 0 Å². The lowest BCUT2D eigenvalue weighted by Gasteiger charge is -2.44. The van der Waals surface area contributed by atoms with Crippen LogP contribution in [-0.2, 0) is 6.54 Å². The number of imidazole rings is 1. The Bertz CT molecular complexity index is 1080. The maximum absolute atomic E-state index is 7.02. The second-order valence-electron chi connectivity index (χ2n) is 7.77. The molecule has 0 fully saturated rings. The van der Waals surface area contributed by atoms with Gasteiger partial charge in [0, 0.05) is 0 Å². The molecule has 5 rings (SSSR count). The number of rotatable bonds is 5. The SMILES string of the molecule is CCCC[n+]1ccn2c1[B-](c1ccccc1)(c1ccccc1)Oc1ccccc1-2. The summed E-state index contributed by atoms with van der Waals surface area (Å²) in [4.78, 5) is 0. The average molecular weight is 380 g/mol. The standard InChI is InChI=1S/C25H25BN2O/c1-2-3-18-27-19-20-28-23-16-10-11-17-24(23)29-26(25(27)28,21-12-6-4-7-13-21)22-14-8-5-9-15-22/h4-17,19-20H,2-3,18H2,1H3. The van der Waals surface area contributed by atoms with Gasteiger partial charge in [0.15, 0.2) is 5.69 Å². The summed E-state index contributed by atoms with van der Waals surface area (Å²) in [6, 6.07) is 29.7. The molecule has 0 spiro atoms. The first-order valence-corrected chi connectivity index (χ1v) is 10.5. The van der Waals surface area contributed by atoms with E-state index in [4.69, 9.17) is 4.65 Å². The number of fused-ring (bicyclic) bond motifs is 3. The molecule has 1 aromatic heterocycles. The molecule has 144 valence electrons. The van der Waals surface area contributed by atoms with Crippen LogP contribution in [0.3, 0.4) is 0 Å². The van der Waals surface area contributed by atoms with Crippen molar-refractivity contribution in [2.24, 2.45) is 0 Å². The maximum atomic E-state index is 7.02. The first kappa shape index (κ1) is 17.8. The quantitative estimate of drug-likeness (QED) is 0.385. The lowest BCUT2D eigenvalue weighted by atomic mass is 9.30. The zero-order valence-corrected chi connectivity index (χ0v) is 16.7. The van der Waals surface area contributed by atoms with Crippen molar-refractivity contribution in [2.75, 3.05) is 0 Å². The highest BCUT2D eigenvalue weighted by molar-refractivity contribution is 7.06. The summed E-state index contributed by atoms with van der Waals surface area (Å²) in [5, 5.41) is 0. The number of hydrogen-bond donors (Lipinski definition) is 0. The largest absolute Gasteiger partial charge is 0.695 e. The molecule has 0 N–H and O–H groups in total. The summed E-state index contributed by atoms with van der Waals surface area (Å²) >= 11 is 0. The zero-order valence-electron chi connectivity index (χ0n) is 16.7. The van der Waals surface area contributed by atoms with Crippen LogP contribution in [-0.4, -0.2) is 10.9 Å². The number of aryl methyl sites for hydroxylation is 1. The van der Waals surface area contributed by atoms with Gasteiger partial charge in [-0.05, 0) is 18.6 Å². The number of para-hydroxylation sites is 2. The van der Waals surface area contributed by atoms with Crippen LogP contribution in [0.1, 0.15) is 19.8 Å². The van der Waals surface area contributed by atoms with Crippen LogP contribution in [0.2, 0.25) is 0 Å². The summed E-state index contributed by atoms with van der Waals surface area (Å²) in [7, 11) is 0. The molecule has 4 aromatic rings. The van der Waals surface area contributed by atoms with Crippen molar-refractivity contribution in [1.29, 1.82) is 0 Å². The van der Waals surface area contributed by atoms with Crippen molar-refractivity contribution in [3.8, 4) is 11.4 Å². The van der Waals surface area contributed by atoms with Crippen LogP contribution in [0.5, 0.6) is 5.75 Å². The lowest BCUT2D eigenvalue weighted by molar-refractivity contribution is -0.680. The van der Waals surface area contributed by atoms with E-state index in [0.29, 0.717) is 0 Å². The molecule has 2 heterocycles. The number of unbranched alkanes of at least 4 members (excludes halogenated alkanes) is 1. The van der Waals surface area contributed by atoms with E-state index in [9.17, 15) is 0 Å². The maximum Gasteiger partial charge on any atom is 0.338 e. The molecule has 3 nitrogen and oxygen atoms in total. The van der Waals surface area contributed by atoms with Gasteiger partial charge in [-0.15, -0.1) is 0 Å². The Labute approximate surface area is 172 Å². The molecule has 0 aliphatic carbocycles. The summed E-state index contributed by atoms with van der Waals surface area (Å²) in [6.07, 6.45) is 5.07. The Hall–Kier alpha value is -3.27. The Morgan fingerprint density at radius 3 is 2.10 bits per heavy atom. The van der Waals surface area contributed by atoms with Crippen LogP contribution in [0, 0.1) is 0 Å². The molecular weight excluding hydrogens is 355 g/mol. The smallest absolute Gasteiger partial charge is 0.338 e. The minimum absolute atomic E-state index is 0.922. The molecule has 1 aliphatic rings. The molecule has 0 atom stereocenters. The van der Waals surface area contributed by atoms with Crippen LogP contribution in [0.25, 0.3) is 5.69 Å². The summed E-state index contributed by atoms with van der Waals surface area (Å²) < 4.78 is 11.7. The van der Waals surface area contributed by atoms with E-state index >= 15 is 0 Å². The summed E-state index contributed by atoms with van der Waals surface area (Å²) in [6.45, 7) is 3.22. The molecule has 0 radical (unpaired) electrons. The molecule has 0 saturated carbocycles. The third-order valence-corrected chi connectivity index (χ3v) is 6.02. The number of nitrogens with zero attached hydrogens (tertiary/aromatic N) is 2. The van der Waals surface area contributed by atoms with Gasteiger partial charge < -0.3 is 4.65 Å². The third-order valence-electron chi connectivity index (χ3n) is 6.02. The van der Waals surface area contributed by atoms with Crippen molar-refractivity contribution < 1.29 is 9.22 Å². The molecule has 3 aromatic carbocycles. The van der Waals surface area contributed by atoms with E-state index in [-0.39, 0.29) is 0 Å². The Balaban J connectivity index is 1.86. The predicted octanol–water partition coefficient (Wildman–Crippen LogP) is 2.92. The Morgan fingerprint density at radius 1 is 0.828 bits per heavy atom. The minimum atomic E-state index is -1.62. The summed E-state index contributed by atoms with van der Waals surface area (Å²) in [5.41, 5.74) is 4.69. The first-order chi connectivity index (χ1) is 14.3. The molecule has 0 amide bonds. The van der Waals surface area contributed by atoms with Crippen molar-refractivity contribution in [3.05, 3.63) is 97.3 Å². The van der Waals surface area contributed by atoms with Gasteiger partial charge in [0.25, 0.3) is 0 Å². The lowest BCUT2D eigenvalue weighted by Crippen LogP contribution is -2.81. The molecule has 1 aliphatic heterocycles. The number of benzene rings is 3. The highest BCUT2D eigenvalue weighted by atomic mass is 16.5. The van der Waals surface area contributed by atoms with Crippen molar-refractivity contribution in [3.63, 3.8) is 0 Å². The van der Waals surface area contributed by atoms with E-state index in [1.54, 1.807) is 0 Å². The fourth-order valence-corrected chi connectivity index (χ4v) is 4.66. The van der Waals surface area contributed by atoms with Crippen LogP contribution in [0.15, 0.2) is 97.3 Å². The third kappa shape index (κ3) is 2.79. The van der Waals surface area contributed by atoms with Gasteiger partial charge in [-0.3, -0.25) is 4.57 Å². The van der Waals surface area contributed by atoms with Crippen molar-refractivity contribution in [1.82, 2.24) is 4.57 Å². The van der Waals surface area contributed by atoms with Gasteiger partial charge >= 0.3 is 6.35 Å². The average Bonchev–Trinajstić information content (AvgIpc) is 3.23. The Kier molecular flexibility index (Phi) is 4.47. The normalized spacial score (nSPS) is 14.0. The highest BCUT2D eigenvalue weighted by Gasteiger charge is 2.47. The van der Waals surface area contributed by atoms with Gasteiger partial charge in [0.05, 0.1) is 6.54 Å². The topological polar surface area (TPSA) is 18.0 Å². The number of aromatic nitrogens is 2. The Morgan fingerprint density at radius 2 is 1.45 bits per heavy atom.